The largest absolute Gasteiger partial charge is 0.485 e. The molecule has 0 N–H and O–H groups in total. The topological polar surface area (TPSA) is 63.2 Å². The molecule has 4 rings (SSSR count). The normalized spacial score (nSPS) is 22.0. The van der Waals surface area contributed by atoms with Crippen LogP contribution in [0.2, 0.25) is 0 Å². The van der Waals surface area contributed by atoms with E-state index in [1.807, 2.05) is 60.7 Å². The third-order valence-corrected chi connectivity index (χ3v) is 4.35. The van der Waals surface area contributed by atoms with Gasteiger partial charge in [-0.1, -0.05) is 60.7 Å². The summed E-state index contributed by atoms with van der Waals surface area (Å²) in [6.45, 7) is 1.06. The van der Waals surface area contributed by atoms with Crippen molar-refractivity contribution in [2.24, 2.45) is 0 Å². The van der Waals surface area contributed by atoms with E-state index < -0.39 is 18.2 Å². The molecule has 0 aliphatic carbocycles. The number of benzene rings is 2. The van der Waals surface area contributed by atoms with Crippen molar-refractivity contribution in [3.8, 4) is 0 Å². The van der Waals surface area contributed by atoms with E-state index in [9.17, 15) is 4.79 Å². The molecular formula is C21H20O6. The van der Waals surface area contributed by atoms with Crippen LogP contribution < -0.4 is 0 Å². The second kappa shape index (κ2) is 8.24. The van der Waals surface area contributed by atoms with Gasteiger partial charge in [-0.15, -0.1) is 0 Å². The molecule has 2 heterocycles. The molecule has 0 aromatic heterocycles. The summed E-state index contributed by atoms with van der Waals surface area (Å²) in [5, 5.41) is 0. The highest BCUT2D eigenvalue weighted by molar-refractivity contribution is 5.89. The maximum absolute atomic E-state index is 12.4. The zero-order valence-corrected chi connectivity index (χ0v) is 14.7. The Balaban J connectivity index is 1.54. The van der Waals surface area contributed by atoms with Gasteiger partial charge < -0.3 is 23.7 Å². The van der Waals surface area contributed by atoms with E-state index in [4.69, 9.17) is 23.7 Å². The summed E-state index contributed by atoms with van der Waals surface area (Å²) >= 11 is 0. The van der Waals surface area contributed by atoms with E-state index in [-0.39, 0.29) is 19.2 Å². The molecule has 0 spiro atoms. The van der Waals surface area contributed by atoms with Gasteiger partial charge in [0, 0.05) is 0 Å². The molecule has 27 heavy (non-hydrogen) atoms. The standard InChI is InChI=1S/C21H20O6/c22-21-20(25-12-16-9-5-2-6-10-16)19(18(27-21)17-13-23-14-26-17)24-11-15-7-3-1-4-8-15/h1-10,17-18H,11-14H2/t17-,18+/m0/s1. The van der Waals surface area contributed by atoms with Gasteiger partial charge in [-0.05, 0) is 11.1 Å². The third-order valence-electron chi connectivity index (χ3n) is 4.35. The summed E-state index contributed by atoms with van der Waals surface area (Å²) in [5.74, 6) is -0.0972. The summed E-state index contributed by atoms with van der Waals surface area (Å²) in [6, 6.07) is 19.3. The Bertz CT molecular complexity index is 796. The van der Waals surface area contributed by atoms with Gasteiger partial charge in [-0.25, -0.2) is 4.79 Å². The van der Waals surface area contributed by atoms with Gasteiger partial charge in [0.05, 0.1) is 6.61 Å². The Kier molecular flexibility index (Phi) is 5.37. The Morgan fingerprint density at radius 1 is 0.889 bits per heavy atom. The highest BCUT2D eigenvalue weighted by Gasteiger charge is 2.44. The highest BCUT2D eigenvalue weighted by Crippen LogP contribution is 2.31. The van der Waals surface area contributed by atoms with Crippen molar-refractivity contribution in [3.63, 3.8) is 0 Å². The van der Waals surface area contributed by atoms with Crippen molar-refractivity contribution < 1.29 is 28.5 Å². The molecule has 0 saturated carbocycles. The first-order valence-electron chi connectivity index (χ1n) is 8.79. The summed E-state index contributed by atoms with van der Waals surface area (Å²) < 4.78 is 28.0. The predicted molar refractivity (Wildman–Crippen MR) is 95.1 cm³/mol. The Hall–Kier alpha value is -2.83. The SMILES string of the molecule is O=C1O[C@H]([C@@H]2COCO2)C(OCc2ccccc2)=C1OCc1ccccc1. The van der Waals surface area contributed by atoms with Crippen molar-refractivity contribution >= 4 is 5.97 Å². The molecule has 1 saturated heterocycles. The zero-order chi connectivity index (χ0) is 18.5. The van der Waals surface area contributed by atoms with Crippen molar-refractivity contribution in [3.05, 3.63) is 83.3 Å². The number of ether oxygens (including phenoxy) is 5. The Morgan fingerprint density at radius 2 is 1.52 bits per heavy atom. The van der Waals surface area contributed by atoms with Crippen LogP contribution >= 0.6 is 0 Å². The summed E-state index contributed by atoms with van der Waals surface area (Å²) in [5.41, 5.74) is 1.93. The first kappa shape index (κ1) is 17.6. The number of rotatable bonds is 7. The van der Waals surface area contributed by atoms with Crippen LogP contribution in [-0.4, -0.2) is 31.6 Å². The molecule has 0 amide bonds. The fraction of sp³-hybridized carbons (Fsp3) is 0.286. The van der Waals surface area contributed by atoms with Crippen LogP contribution in [0.25, 0.3) is 0 Å². The molecule has 2 aliphatic rings. The summed E-state index contributed by atoms with van der Waals surface area (Å²) in [6.07, 6.45) is -1.08. The van der Waals surface area contributed by atoms with Crippen molar-refractivity contribution in [1.82, 2.24) is 0 Å². The molecule has 0 unspecified atom stereocenters. The van der Waals surface area contributed by atoms with Crippen LogP contribution in [0, 0.1) is 0 Å². The summed E-state index contributed by atoms with van der Waals surface area (Å²) in [4.78, 5) is 12.4. The molecule has 0 radical (unpaired) electrons. The van der Waals surface area contributed by atoms with Gasteiger partial charge >= 0.3 is 5.97 Å². The van der Waals surface area contributed by atoms with Gasteiger partial charge in [0.1, 0.15) is 26.1 Å². The minimum Gasteiger partial charge on any atom is -0.485 e. The lowest BCUT2D eigenvalue weighted by Crippen LogP contribution is -2.31. The molecular weight excluding hydrogens is 348 g/mol. The number of esters is 1. The van der Waals surface area contributed by atoms with Gasteiger partial charge in [-0.2, -0.15) is 0 Å². The second-order valence-corrected chi connectivity index (χ2v) is 6.26. The fourth-order valence-electron chi connectivity index (χ4n) is 2.96. The van der Waals surface area contributed by atoms with Crippen LogP contribution in [0.1, 0.15) is 11.1 Å². The lowest BCUT2D eigenvalue weighted by Gasteiger charge is -2.19. The molecule has 1 fully saturated rings. The smallest absolute Gasteiger partial charge is 0.378 e. The van der Waals surface area contributed by atoms with Gasteiger partial charge in [0.15, 0.2) is 11.9 Å². The van der Waals surface area contributed by atoms with E-state index in [1.165, 1.54) is 0 Å². The predicted octanol–water partition coefficient (Wildman–Crippen LogP) is 2.93. The van der Waals surface area contributed by atoms with Gasteiger partial charge in [0.25, 0.3) is 0 Å². The molecule has 2 aromatic carbocycles. The van der Waals surface area contributed by atoms with Crippen molar-refractivity contribution in [1.29, 1.82) is 0 Å². The first-order chi connectivity index (χ1) is 13.3. The Labute approximate surface area is 157 Å². The third kappa shape index (κ3) is 4.13. The van der Waals surface area contributed by atoms with Crippen LogP contribution in [0.15, 0.2) is 72.2 Å². The molecule has 6 heteroatoms. The maximum Gasteiger partial charge on any atom is 0.378 e. The minimum absolute atomic E-state index is 0.0929. The molecule has 2 aliphatic heterocycles. The first-order valence-corrected chi connectivity index (χ1v) is 8.79. The van der Waals surface area contributed by atoms with E-state index in [1.54, 1.807) is 0 Å². The number of hydrogen-bond donors (Lipinski definition) is 0. The van der Waals surface area contributed by atoms with Crippen molar-refractivity contribution in [2.45, 2.75) is 25.4 Å². The van der Waals surface area contributed by atoms with Crippen LogP contribution in [-0.2, 0) is 41.7 Å². The van der Waals surface area contributed by atoms with Crippen molar-refractivity contribution in [2.75, 3.05) is 13.4 Å². The van der Waals surface area contributed by atoms with E-state index in [0.29, 0.717) is 19.0 Å². The maximum atomic E-state index is 12.4. The highest BCUT2D eigenvalue weighted by atomic mass is 16.7. The Morgan fingerprint density at radius 3 is 2.11 bits per heavy atom. The molecule has 2 atom stereocenters. The van der Waals surface area contributed by atoms with E-state index in [2.05, 4.69) is 0 Å². The minimum atomic E-state index is -0.672. The summed E-state index contributed by atoms with van der Waals surface area (Å²) in [7, 11) is 0. The van der Waals surface area contributed by atoms with Gasteiger partial charge in [-0.3, -0.25) is 0 Å². The van der Waals surface area contributed by atoms with Crippen LogP contribution in [0.5, 0.6) is 0 Å². The zero-order valence-electron chi connectivity index (χ0n) is 14.7. The average Bonchev–Trinajstić information content (AvgIpc) is 3.34. The van der Waals surface area contributed by atoms with Gasteiger partial charge in [0.2, 0.25) is 5.76 Å². The molecule has 2 aromatic rings. The molecule has 140 valence electrons. The van der Waals surface area contributed by atoms with Crippen LogP contribution in [0.3, 0.4) is 0 Å². The lowest BCUT2D eigenvalue weighted by atomic mass is 10.1. The van der Waals surface area contributed by atoms with E-state index in [0.717, 1.165) is 11.1 Å². The molecule has 0 bridgehead atoms. The second-order valence-electron chi connectivity index (χ2n) is 6.26. The number of hydrogen-bond acceptors (Lipinski definition) is 6. The average molecular weight is 368 g/mol. The number of cyclic esters (lactones) is 1. The lowest BCUT2D eigenvalue weighted by molar-refractivity contribution is -0.148. The van der Waals surface area contributed by atoms with Crippen LogP contribution in [0.4, 0.5) is 0 Å². The number of carbonyl (C=O) groups is 1. The quantitative estimate of drug-likeness (QED) is 0.701. The number of carbonyl (C=O) groups excluding carboxylic acids is 1. The van der Waals surface area contributed by atoms with E-state index >= 15 is 0 Å². The monoisotopic (exact) mass is 368 g/mol. The fourth-order valence-corrected chi connectivity index (χ4v) is 2.96. The molecule has 6 nitrogen and oxygen atoms in total.